The van der Waals surface area contributed by atoms with Gasteiger partial charge in [-0.2, -0.15) is 0 Å². The summed E-state index contributed by atoms with van der Waals surface area (Å²) in [7, 11) is 0. The van der Waals surface area contributed by atoms with Crippen molar-refractivity contribution in [1.29, 1.82) is 0 Å². The van der Waals surface area contributed by atoms with Crippen LogP contribution in [0.5, 0.6) is 0 Å². The molecule has 3 heteroatoms. The van der Waals surface area contributed by atoms with Crippen molar-refractivity contribution in [3.05, 3.63) is 0 Å². The van der Waals surface area contributed by atoms with Crippen LogP contribution in [-0.2, 0) is 4.79 Å². The quantitative estimate of drug-likeness (QED) is 0.609. The van der Waals surface area contributed by atoms with Crippen LogP contribution in [0.25, 0.3) is 0 Å². The average molecular weight is 159 g/mol. The Hall–Kier alpha value is -0.410. The minimum absolute atomic E-state index is 0.104. The Bertz CT molecular complexity index is 147. The number of Topliss-reactive ketones (excluding diaryl/α,β-unsaturated/α-hetero) is 1. The molecule has 0 rings (SSSR count). The van der Waals surface area contributed by atoms with Gasteiger partial charge in [0.25, 0.3) is 0 Å². The highest BCUT2D eigenvalue weighted by atomic mass is 16.3. The molecule has 0 aliphatic carbocycles. The summed E-state index contributed by atoms with van der Waals surface area (Å²) in [5.41, 5.74) is 4.98. The summed E-state index contributed by atoms with van der Waals surface area (Å²) < 4.78 is 0. The van der Waals surface area contributed by atoms with Crippen LogP contribution in [-0.4, -0.2) is 23.0 Å². The van der Waals surface area contributed by atoms with E-state index in [1.165, 1.54) is 6.92 Å². The van der Waals surface area contributed by atoms with Crippen LogP contribution in [0.1, 0.15) is 27.7 Å². The Morgan fingerprint density at radius 1 is 1.45 bits per heavy atom. The van der Waals surface area contributed by atoms with Crippen molar-refractivity contribution >= 4 is 5.78 Å². The van der Waals surface area contributed by atoms with E-state index >= 15 is 0 Å². The first-order valence-corrected chi connectivity index (χ1v) is 3.75. The van der Waals surface area contributed by atoms with Crippen LogP contribution in [0.3, 0.4) is 0 Å². The Morgan fingerprint density at radius 2 is 1.82 bits per heavy atom. The number of hydrogen-bond donors (Lipinski definition) is 2. The molecule has 0 fully saturated rings. The monoisotopic (exact) mass is 159 g/mol. The van der Waals surface area contributed by atoms with Gasteiger partial charge in [-0.05, 0) is 6.92 Å². The smallest absolute Gasteiger partial charge is 0.157 e. The zero-order valence-electron chi connectivity index (χ0n) is 7.59. The summed E-state index contributed by atoms with van der Waals surface area (Å²) in [6.07, 6.45) is -0.762. The standard InChI is InChI=1S/C8H17NO2/c1-5(10)6(9)7(11)8(2,3)4/h5-6,10H,9H2,1-4H3/t5-,6-/m1/s1. The number of rotatable bonds is 2. The third-order valence-electron chi connectivity index (χ3n) is 1.56. The van der Waals surface area contributed by atoms with Crippen molar-refractivity contribution in [2.45, 2.75) is 39.8 Å². The summed E-state index contributed by atoms with van der Waals surface area (Å²) >= 11 is 0. The minimum Gasteiger partial charge on any atom is -0.391 e. The van der Waals surface area contributed by atoms with Crippen LogP contribution in [0, 0.1) is 5.41 Å². The maximum absolute atomic E-state index is 11.3. The molecule has 0 bridgehead atoms. The molecule has 0 amide bonds. The summed E-state index contributed by atoms with van der Waals surface area (Å²) in [5.74, 6) is -0.104. The molecule has 0 aromatic carbocycles. The van der Waals surface area contributed by atoms with E-state index < -0.39 is 17.6 Å². The van der Waals surface area contributed by atoms with E-state index in [9.17, 15) is 4.79 Å². The molecule has 0 aliphatic rings. The van der Waals surface area contributed by atoms with Crippen molar-refractivity contribution in [3.8, 4) is 0 Å². The largest absolute Gasteiger partial charge is 0.391 e. The number of hydrogen-bond acceptors (Lipinski definition) is 3. The van der Waals surface area contributed by atoms with Gasteiger partial charge in [0, 0.05) is 5.41 Å². The highest BCUT2D eigenvalue weighted by Crippen LogP contribution is 2.16. The first-order valence-electron chi connectivity index (χ1n) is 3.75. The number of ketones is 1. The lowest BCUT2D eigenvalue weighted by molar-refractivity contribution is -0.129. The van der Waals surface area contributed by atoms with Crippen molar-refractivity contribution in [1.82, 2.24) is 0 Å². The van der Waals surface area contributed by atoms with Gasteiger partial charge in [0.05, 0.1) is 12.1 Å². The maximum atomic E-state index is 11.3. The van der Waals surface area contributed by atoms with E-state index in [1.807, 2.05) is 0 Å². The lowest BCUT2D eigenvalue weighted by Gasteiger charge is -2.23. The Balaban J connectivity index is 4.26. The van der Waals surface area contributed by atoms with Gasteiger partial charge in [-0.15, -0.1) is 0 Å². The molecule has 3 N–H and O–H groups in total. The van der Waals surface area contributed by atoms with Crippen LogP contribution >= 0.6 is 0 Å². The molecule has 0 radical (unpaired) electrons. The first kappa shape index (κ1) is 10.6. The molecule has 66 valence electrons. The molecule has 0 heterocycles. The average Bonchev–Trinajstić information content (AvgIpc) is 1.82. The summed E-state index contributed by atoms with van der Waals surface area (Å²) in [5, 5.41) is 9.01. The van der Waals surface area contributed by atoms with Gasteiger partial charge in [-0.1, -0.05) is 20.8 Å². The van der Waals surface area contributed by atoms with Gasteiger partial charge >= 0.3 is 0 Å². The predicted molar refractivity (Wildman–Crippen MR) is 44.1 cm³/mol. The zero-order valence-corrected chi connectivity index (χ0v) is 7.59. The molecule has 0 spiro atoms. The predicted octanol–water partition coefficient (Wildman–Crippen LogP) is 0.310. The fraction of sp³-hybridized carbons (Fsp3) is 0.875. The third-order valence-corrected chi connectivity index (χ3v) is 1.56. The second-order valence-electron chi connectivity index (χ2n) is 3.88. The van der Waals surface area contributed by atoms with Gasteiger partial charge in [0.15, 0.2) is 5.78 Å². The summed E-state index contributed by atoms with van der Waals surface area (Å²) in [6.45, 7) is 6.89. The molecule has 0 saturated heterocycles. The highest BCUT2D eigenvalue weighted by molar-refractivity contribution is 5.88. The number of nitrogens with two attached hydrogens (primary N) is 1. The molecular formula is C8H17NO2. The molecule has 2 atom stereocenters. The zero-order chi connectivity index (χ0) is 9.23. The topological polar surface area (TPSA) is 63.3 Å². The number of aliphatic hydroxyl groups excluding tert-OH is 1. The van der Waals surface area contributed by atoms with E-state index in [2.05, 4.69) is 0 Å². The molecule has 0 aromatic rings. The van der Waals surface area contributed by atoms with Gasteiger partial charge in [0.2, 0.25) is 0 Å². The van der Waals surface area contributed by atoms with Gasteiger partial charge in [-0.3, -0.25) is 4.79 Å². The van der Waals surface area contributed by atoms with Crippen LogP contribution in [0.2, 0.25) is 0 Å². The van der Waals surface area contributed by atoms with Crippen LogP contribution < -0.4 is 5.73 Å². The van der Waals surface area contributed by atoms with E-state index in [1.54, 1.807) is 20.8 Å². The van der Waals surface area contributed by atoms with Gasteiger partial charge in [-0.25, -0.2) is 0 Å². The molecule has 0 saturated carbocycles. The lowest BCUT2D eigenvalue weighted by atomic mass is 9.85. The second kappa shape index (κ2) is 3.32. The van der Waals surface area contributed by atoms with Crippen molar-refractivity contribution in [3.63, 3.8) is 0 Å². The van der Waals surface area contributed by atoms with E-state index in [4.69, 9.17) is 10.8 Å². The maximum Gasteiger partial charge on any atom is 0.157 e. The molecule has 0 aliphatic heterocycles. The lowest BCUT2D eigenvalue weighted by Crippen LogP contribution is -2.45. The van der Waals surface area contributed by atoms with Crippen molar-refractivity contribution in [2.24, 2.45) is 11.1 Å². The van der Waals surface area contributed by atoms with Crippen molar-refractivity contribution < 1.29 is 9.90 Å². The third kappa shape index (κ3) is 2.99. The van der Waals surface area contributed by atoms with Crippen LogP contribution in [0.15, 0.2) is 0 Å². The fourth-order valence-electron chi connectivity index (χ4n) is 0.719. The summed E-state index contributed by atoms with van der Waals surface area (Å²) in [4.78, 5) is 11.3. The molecule has 11 heavy (non-hydrogen) atoms. The number of carbonyl (C=O) groups excluding carboxylic acids is 1. The van der Waals surface area contributed by atoms with Gasteiger partial charge < -0.3 is 10.8 Å². The van der Waals surface area contributed by atoms with Gasteiger partial charge in [0.1, 0.15) is 0 Å². The Kier molecular flexibility index (Phi) is 3.20. The van der Waals surface area contributed by atoms with E-state index in [0.717, 1.165) is 0 Å². The minimum atomic E-state index is -0.762. The molecule has 0 unspecified atom stereocenters. The Labute approximate surface area is 67.6 Å². The summed E-state index contributed by atoms with van der Waals surface area (Å²) in [6, 6.07) is -0.755. The number of aliphatic hydroxyl groups is 1. The normalized spacial score (nSPS) is 17.6. The van der Waals surface area contributed by atoms with E-state index in [0.29, 0.717) is 0 Å². The first-order chi connectivity index (χ1) is 4.76. The molecular weight excluding hydrogens is 142 g/mol. The fourth-order valence-corrected chi connectivity index (χ4v) is 0.719. The molecule has 0 aromatic heterocycles. The molecule has 3 nitrogen and oxygen atoms in total. The highest BCUT2D eigenvalue weighted by Gasteiger charge is 2.29. The second-order valence-corrected chi connectivity index (χ2v) is 3.88. The Morgan fingerprint density at radius 3 is 1.91 bits per heavy atom. The van der Waals surface area contributed by atoms with Crippen LogP contribution in [0.4, 0.5) is 0 Å². The SMILES string of the molecule is C[C@@H](O)[C@@H](N)C(=O)C(C)(C)C. The van der Waals surface area contributed by atoms with E-state index in [-0.39, 0.29) is 5.78 Å². The van der Waals surface area contributed by atoms with Crippen molar-refractivity contribution in [2.75, 3.05) is 0 Å². The number of carbonyl (C=O) groups is 1.